The van der Waals surface area contributed by atoms with Gasteiger partial charge in [0.1, 0.15) is 18.9 Å². The molecule has 0 radical (unpaired) electrons. The van der Waals surface area contributed by atoms with Gasteiger partial charge in [-0.15, -0.1) is 0 Å². The molecule has 1 aromatic carbocycles. The predicted octanol–water partition coefficient (Wildman–Crippen LogP) is 7.14. The monoisotopic (exact) mass is 903 g/mol. The summed E-state index contributed by atoms with van der Waals surface area (Å²) in [5, 5.41) is 7.69. The third kappa shape index (κ3) is 12.6. The zero-order valence-electron chi connectivity index (χ0n) is 33.8. The molecule has 2 aliphatic rings. The van der Waals surface area contributed by atoms with E-state index in [1.165, 1.54) is 26.4 Å². The van der Waals surface area contributed by atoms with Gasteiger partial charge >= 0.3 is 19.5 Å². The van der Waals surface area contributed by atoms with E-state index in [0.717, 1.165) is 4.57 Å². The average Bonchev–Trinajstić information content (AvgIpc) is 3.72. The minimum Gasteiger partial charge on any atom is -0.540 e. The van der Waals surface area contributed by atoms with Gasteiger partial charge in [-0.2, -0.15) is 0 Å². The number of aromatic nitrogens is 2. The molecule has 0 spiro atoms. The van der Waals surface area contributed by atoms with E-state index < -0.39 is 70.8 Å². The highest BCUT2D eigenvalue weighted by Crippen LogP contribution is 2.51. The van der Waals surface area contributed by atoms with E-state index in [1.54, 1.807) is 13.0 Å². The first-order valence-corrected chi connectivity index (χ1v) is 23.5. The van der Waals surface area contributed by atoms with E-state index >= 15 is 0 Å². The van der Waals surface area contributed by atoms with Crippen LogP contribution in [0.3, 0.4) is 0 Å². The fourth-order valence-corrected chi connectivity index (χ4v) is 8.48. The maximum absolute atomic E-state index is 14.0. The maximum atomic E-state index is 14.0. The first kappa shape index (κ1) is 47.7. The second-order valence-electron chi connectivity index (χ2n) is 15.1. The number of methoxy groups -OCH3 is 1. The van der Waals surface area contributed by atoms with Crippen LogP contribution in [0.4, 0.5) is 0 Å². The van der Waals surface area contributed by atoms with E-state index in [-0.39, 0.29) is 77.0 Å². The minimum absolute atomic E-state index is 0.0205. The van der Waals surface area contributed by atoms with Crippen molar-refractivity contribution in [3.63, 3.8) is 0 Å². The highest BCUT2D eigenvalue weighted by atomic mass is 35.5. The van der Waals surface area contributed by atoms with Gasteiger partial charge in [-0.25, -0.2) is 15.9 Å². The first-order chi connectivity index (χ1) is 27.7. The van der Waals surface area contributed by atoms with Crippen LogP contribution in [0.5, 0.6) is 11.5 Å². The topological polar surface area (TPSA) is 238 Å². The number of azide groups is 1. The summed E-state index contributed by atoms with van der Waals surface area (Å²) in [6.45, 7) is 18.9. The lowest BCUT2D eigenvalue weighted by atomic mass is 10.0. The number of ether oxygens (including phenoxy) is 4. The van der Waals surface area contributed by atoms with Gasteiger partial charge in [-0.3, -0.25) is 32.7 Å². The standard InChI is InChI=1S/C35H48Cl2N7O13PSi/c1-20-22(12-30(53-20)54-21(2)45)18-51-58(48,50-11-10-39-6)52-19-28-26(14-29(55-28)44-17-23(15-40-43-38)33(46)42-34(44)47)56-41-16-24-25(36)13-27(49-7)32(31(24)37)57-59(8,9)35(3,4)5/h13,16-17,20,22,26,28-30H,10-12,14-15,18-19H2,1-5,7-9H3,(H,42,46,47)/b41-16+/t20?,22?,26?,28-,29-,30?,58?/m1/s1. The summed E-state index contributed by atoms with van der Waals surface area (Å²) >= 11 is 13.5. The van der Waals surface area contributed by atoms with E-state index in [1.807, 2.05) is 13.1 Å². The molecule has 59 heavy (non-hydrogen) atoms. The Morgan fingerprint density at radius 3 is 2.54 bits per heavy atom. The Hall–Kier alpha value is -3.93. The normalized spacial score (nSPS) is 23.0. The Kier molecular flexibility index (Phi) is 16.6. The molecule has 2 aromatic rings. The molecular weight excluding hydrogens is 856 g/mol. The fourth-order valence-electron chi connectivity index (χ4n) is 5.59. The number of rotatable bonds is 19. The summed E-state index contributed by atoms with van der Waals surface area (Å²) in [5.74, 6) is -0.287. The number of aromatic amines is 1. The fraction of sp³-hybridized carbons (Fsp3) is 0.629. The number of hydrogen-bond donors (Lipinski definition) is 1. The molecule has 0 saturated carbocycles. The molecule has 0 amide bonds. The predicted molar refractivity (Wildman–Crippen MR) is 217 cm³/mol. The molecule has 7 atom stereocenters. The molecule has 5 unspecified atom stereocenters. The Morgan fingerprint density at radius 2 is 1.90 bits per heavy atom. The molecule has 2 fully saturated rings. The molecule has 1 aromatic heterocycles. The van der Waals surface area contributed by atoms with E-state index in [0.29, 0.717) is 5.75 Å². The lowest BCUT2D eigenvalue weighted by molar-refractivity contribution is -0.171. The number of carbonyl (C=O) groups is 1. The number of oxime groups is 1. The molecule has 1 N–H and O–H groups in total. The summed E-state index contributed by atoms with van der Waals surface area (Å²) in [4.78, 5) is 50.9. The van der Waals surface area contributed by atoms with Crippen LogP contribution in [0.2, 0.25) is 28.2 Å². The molecule has 2 aliphatic heterocycles. The van der Waals surface area contributed by atoms with Crippen molar-refractivity contribution >= 4 is 51.5 Å². The summed E-state index contributed by atoms with van der Waals surface area (Å²) in [7, 11) is -5.36. The second kappa shape index (κ2) is 20.6. The number of phosphoric ester groups is 1. The van der Waals surface area contributed by atoms with Crippen LogP contribution in [0, 0.1) is 12.5 Å². The van der Waals surface area contributed by atoms with Crippen LogP contribution >= 0.6 is 31.0 Å². The number of nitrogens with zero attached hydrogens (tertiary/aromatic N) is 6. The van der Waals surface area contributed by atoms with Crippen molar-refractivity contribution in [2.75, 3.05) is 33.5 Å². The zero-order chi connectivity index (χ0) is 43.7. The number of nitrogens with one attached hydrogen (secondary N) is 1. The Morgan fingerprint density at radius 1 is 1.19 bits per heavy atom. The number of H-pyrrole nitrogens is 1. The molecule has 324 valence electrons. The molecule has 20 nitrogen and oxygen atoms in total. The third-order valence-electron chi connectivity index (χ3n) is 9.89. The summed E-state index contributed by atoms with van der Waals surface area (Å²) < 4.78 is 61.0. The summed E-state index contributed by atoms with van der Waals surface area (Å²) in [6.07, 6.45) is -1.83. The minimum atomic E-state index is -4.41. The lowest BCUT2D eigenvalue weighted by Crippen LogP contribution is -2.44. The van der Waals surface area contributed by atoms with Crippen molar-refractivity contribution in [1.29, 1.82) is 0 Å². The molecule has 24 heteroatoms. The molecule has 3 heterocycles. The Bertz CT molecular complexity index is 2120. The maximum Gasteiger partial charge on any atom is 0.475 e. The number of benzene rings is 1. The van der Waals surface area contributed by atoms with E-state index in [2.05, 4.69) is 45.8 Å². The molecule has 4 rings (SSSR count). The largest absolute Gasteiger partial charge is 0.540 e. The Balaban J connectivity index is 1.63. The smallest absolute Gasteiger partial charge is 0.475 e. The second-order valence-corrected chi connectivity index (χ2v) is 22.2. The highest BCUT2D eigenvalue weighted by molar-refractivity contribution is 7.48. The van der Waals surface area contributed by atoms with Gasteiger partial charge in [0, 0.05) is 54.0 Å². The average molecular weight is 905 g/mol. The highest BCUT2D eigenvalue weighted by Gasteiger charge is 2.43. The zero-order valence-corrected chi connectivity index (χ0v) is 37.2. The van der Waals surface area contributed by atoms with Crippen LogP contribution in [-0.2, 0) is 48.5 Å². The van der Waals surface area contributed by atoms with Crippen LogP contribution in [-0.4, -0.2) is 88.1 Å². The summed E-state index contributed by atoms with van der Waals surface area (Å²) in [6, 6.07) is 1.54. The Labute approximate surface area is 351 Å². The van der Waals surface area contributed by atoms with Gasteiger partial charge in [0.25, 0.3) is 13.9 Å². The molecule has 0 bridgehead atoms. The van der Waals surface area contributed by atoms with Crippen LogP contribution < -0.4 is 20.4 Å². The van der Waals surface area contributed by atoms with E-state index in [4.69, 9.17) is 77.1 Å². The number of esters is 1. The van der Waals surface area contributed by atoms with Gasteiger partial charge in [0.15, 0.2) is 17.6 Å². The van der Waals surface area contributed by atoms with Crippen molar-refractivity contribution < 1.29 is 51.1 Å². The van der Waals surface area contributed by atoms with Gasteiger partial charge in [-0.1, -0.05) is 54.2 Å². The van der Waals surface area contributed by atoms with Gasteiger partial charge in [0.2, 0.25) is 12.8 Å². The number of hydrogen-bond acceptors (Lipinski definition) is 15. The van der Waals surface area contributed by atoms with Crippen LogP contribution in [0.15, 0.2) is 32.1 Å². The van der Waals surface area contributed by atoms with Gasteiger partial charge in [-0.05, 0) is 30.6 Å². The number of halogens is 2. The molecule has 0 aliphatic carbocycles. The van der Waals surface area contributed by atoms with Crippen molar-refractivity contribution in [3.05, 3.63) is 76.1 Å². The van der Waals surface area contributed by atoms with Crippen LogP contribution in [0.1, 0.15) is 64.8 Å². The lowest BCUT2D eigenvalue weighted by Gasteiger charge is -2.37. The van der Waals surface area contributed by atoms with Gasteiger partial charge in [0.05, 0.1) is 49.2 Å². The third-order valence-corrected chi connectivity index (χ3v) is 16.3. The molecular formula is C35H48Cl2N7O13PSi. The van der Waals surface area contributed by atoms with Crippen molar-refractivity contribution in [1.82, 2.24) is 9.55 Å². The van der Waals surface area contributed by atoms with Crippen molar-refractivity contribution in [2.24, 2.45) is 16.2 Å². The first-order valence-electron chi connectivity index (χ1n) is 18.4. The SMILES string of the molecule is [C-]#[N+]CCOP(=O)(OCC1CC(OC(C)=O)OC1C)OC[C@H]1O[C@@H](n2cc(CN=[N+]=[N-])c(=O)[nH]c2=O)CC1O/N=C/c1c(Cl)cc(OC)c(O[Si](C)(C)C(C)(C)C)c1Cl. The van der Waals surface area contributed by atoms with E-state index in [9.17, 15) is 18.9 Å². The number of carbonyl (C=O) groups excluding carboxylic acids is 1. The van der Waals surface area contributed by atoms with Gasteiger partial charge < -0.3 is 33.1 Å². The van der Waals surface area contributed by atoms with Crippen LogP contribution in [0.25, 0.3) is 15.3 Å². The number of phosphoric acid groups is 1. The molecule has 2 saturated heterocycles. The van der Waals surface area contributed by atoms with Crippen molar-refractivity contribution in [2.45, 2.75) is 103 Å². The van der Waals surface area contributed by atoms with Crippen molar-refractivity contribution in [3.8, 4) is 11.5 Å². The summed E-state index contributed by atoms with van der Waals surface area (Å²) in [5.41, 5.74) is 7.43. The quantitative estimate of drug-likeness (QED) is 0.0141.